The molecule has 1 aromatic heterocycles. The molecule has 0 radical (unpaired) electrons. The van der Waals surface area contributed by atoms with Gasteiger partial charge in [-0.25, -0.2) is 13.4 Å². The summed E-state index contributed by atoms with van der Waals surface area (Å²) in [6, 6.07) is 7.71. The zero-order valence-corrected chi connectivity index (χ0v) is 12.6. The second-order valence-electron chi connectivity index (χ2n) is 3.62. The van der Waals surface area contributed by atoms with E-state index in [9.17, 15) is 8.42 Å². The summed E-state index contributed by atoms with van der Waals surface area (Å²) in [5.74, 6) is 0.0588. The van der Waals surface area contributed by atoms with E-state index in [2.05, 4.69) is 25.6 Å². The summed E-state index contributed by atoms with van der Waals surface area (Å²) in [7, 11) is -3.84. The van der Waals surface area contributed by atoms with Crippen molar-refractivity contribution < 1.29 is 8.42 Å². The number of nitrogen functional groups attached to an aromatic ring is 1. The minimum absolute atomic E-state index is 0.0383. The highest BCUT2D eigenvalue weighted by Gasteiger charge is 2.19. The normalized spacial score (nSPS) is 11.3. The van der Waals surface area contributed by atoms with Crippen molar-refractivity contribution in [3.05, 3.63) is 46.0 Å². The number of rotatable bonds is 3. The van der Waals surface area contributed by atoms with E-state index >= 15 is 0 Å². The Morgan fingerprint density at radius 3 is 2.74 bits per heavy atom. The molecular weight excluding hydrogens is 354 g/mol. The van der Waals surface area contributed by atoms with Crippen molar-refractivity contribution in [1.29, 1.82) is 0 Å². The van der Waals surface area contributed by atoms with Crippen LogP contribution in [0.3, 0.4) is 0 Å². The van der Waals surface area contributed by atoms with Crippen LogP contribution in [0.1, 0.15) is 0 Å². The molecular formula is C11H9BrClN3O2S. The maximum atomic E-state index is 12.2. The van der Waals surface area contributed by atoms with E-state index in [4.69, 9.17) is 17.3 Å². The number of nitrogens with one attached hydrogen (secondary N) is 1. The van der Waals surface area contributed by atoms with Crippen molar-refractivity contribution in [3.8, 4) is 0 Å². The first-order valence-corrected chi connectivity index (χ1v) is 7.74. The fraction of sp³-hybridized carbons (Fsp3) is 0. The second kappa shape index (κ2) is 5.36. The molecule has 2 aromatic rings. The molecule has 1 heterocycles. The molecule has 0 aliphatic rings. The van der Waals surface area contributed by atoms with Crippen LogP contribution in [0.4, 0.5) is 11.5 Å². The van der Waals surface area contributed by atoms with Gasteiger partial charge in [0, 0.05) is 10.7 Å². The lowest BCUT2D eigenvalue weighted by Crippen LogP contribution is -2.15. The molecule has 0 atom stereocenters. The molecule has 0 aliphatic heterocycles. The summed E-state index contributed by atoms with van der Waals surface area (Å²) in [5, 5.41) is 0.208. The molecule has 0 fully saturated rings. The number of nitrogens with two attached hydrogens (primary N) is 1. The number of halogens is 2. The van der Waals surface area contributed by atoms with E-state index in [1.807, 2.05) is 0 Å². The van der Waals surface area contributed by atoms with Gasteiger partial charge < -0.3 is 5.73 Å². The monoisotopic (exact) mass is 361 g/mol. The molecule has 1 aromatic carbocycles. The summed E-state index contributed by atoms with van der Waals surface area (Å²) in [6.07, 6.45) is 1.44. The lowest BCUT2D eigenvalue weighted by atomic mass is 10.3. The highest BCUT2D eigenvalue weighted by molar-refractivity contribution is 9.10. The number of benzene rings is 1. The Hall–Kier alpha value is -1.31. The van der Waals surface area contributed by atoms with E-state index in [1.54, 1.807) is 12.1 Å². The Labute approximate surface area is 124 Å². The summed E-state index contributed by atoms with van der Waals surface area (Å²) < 4.78 is 27.3. The molecule has 0 spiro atoms. The van der Waals surface area contributed by atoms with Crippen LogP contribution >= 0.6 is 27.5 Å². The third-order valence-corrected chi connectivity index (χ3v) is 4.45. The van der Waals surface area contributed by atoms with Crippen molar-refractivity contribution in [1.82, 2.24) is 4.98 Å². The van der Waals surface area contributed by atoms with Gasteiger partial charge in [-0.05, 0) is 30.3 Å². The first-order valence-electron chi connectivity index (χ1n) is 5.08. The molecule has 8 heteroatoms. The topological polar surface area (TPSA) is 85.1 Å². The molecule has 0 amide bonds. The molecule has 3 N–H and O–H groups in total. The van der Waals surface area contributed by atoms with E-state index in [0.717, 1.165) is 0 Å². The van der Waals surface area contributed by atoms with Crippen LogP contribution < -0.4 is 10.5 Å². The second-order valence-corrected chi connectivity index (χ2v) is 6.60. The third-order valence-electron chi connectivity index (χ3n) is 2.25. The van der Waals surface area contributed by atoms with Crippen LogP contribution in [-0.2, 0) is 10.0 Å². The number of aromatic nitrogens is 1. The fourth-order valence-electron chi connectivity index (χ4n) is 1.38. The van der Waals surface area contributed by atoms with Crippen molar-refractivity contribution in [2.24, 2.45) is 0 Å². The van der Waals surface area contributed by atoms with Gasteiger partial charge >= 0.3 is 0 Å². The standard InChI is InChI=1S/C11H9BrClN3O2S/c12-7-3-4-9(14)10(6-7)19(17,18)16-11-8(13)2-1-5-15-11/h1-6H,14H2,(H,15,16). The molecule has 0 unspecified atom stereocenters. The predicted molar refractivity (Wildman–Crippen MR) is 78.6 cm³/mol. The zero-order valence-electron chi connectivity index (χ0n) is 9.47. The average Bonchev–Trinajstić information content (AvgIpc) is 2.35. The maximum Gasteiger partial charge on any atom is 0.265 e. The maximum absolute atomic E-state index is 12.2. The summed E-state index contributed by atoms with van der Waals surface area (Å²) in [6.45, 7) is 0. The van der Waals surface area contributed by atoms with Crippen molar-refractivity contribution in [2.45, 2.75) is 4.90 Å². The van der Waals surface area contributed by atoms with E-state index in [1.165, 1.54) is 24.4 Å². The molecule has 2 rings (SSSR count). The van der Waals surface area contributed by atoms with Crippen LogP contribution in [0, 0.1) is 0 Å². The number of nitrogens with zero attached hydrogens (tertiary/aromatic N) is 1. The molecule has 5 nitrogen and oxygen atoms in total. The van der Waals surface area contributed by atoms with E-state index in [-0.39, 0.29) is 21.4 Å². The molecule has 0 saturated heterocycles. The summed E-state index contributed by atoms with van der Waals surface area (Å²) >= 11 is 9.06. The van der Waals surface area contributed by atoms with Gasteiger partial charge in [0.2, 0.25) is 0 Å². The zero-order chi connectivity index (χ0) is 14.0. The number of pyridine rings is 1. The predicted octanol–water partition coefficient (Wildman–Crippen LogP) is 2.88. The average molecular weight is 363 g/mol. The molecule has 0 saturated carbocycles. The highest BCUT2D eigenvalue weighted by Crippen LogP contribution is 2.26. The largest absolute Gasteiger partial charge is 0.398 e. The Morgan fingerprint density at radius 2 is 2.05 bits per heavy atom. The van der Waals surface area contributed by atoms with Crippen LogP contribution in [0.15, 0.2) is 45.9 Å². The fourth-order valence-corrected chi connectivity index (χ4v) is 3.31. The Bertz CT molecular complexity index is 722. The first-order chi connectivity index (χ1) is 8.90. The Morgan fingerprint density at radius 1 is 1.32 bits per heavy atom. The minimum atomic E-state index is -3.84. The summed E-state index contributed by atoms with van der Waals surface area (Å²) in [5.41, 5.74) is 5.82. The van der Waals surface area contributed by atoms with Crippen LogP contribution in [0.25, 0.3) is 0 Å². The van der Waals surface area contributed by atoms with Gasteiger partial charge in [-0.15, -0.1) is 0 Å². The molecule has 0 bridgehead atoms. The van der Waals surface area contributed by atoms with Gasteiger partial charge in [-0.3, -0.25) is 4.72 Å². The Kier molecular flexibility index (Phi) is 3.98. The minimum Gasteiger partial charge on any atom is -0.398 e. The lowest BCUT2D eigenvalue weighted by molar-refractivity contribution is 0.601. The van der Waals surface area contributed by atoms with Crippen LogP contribution in [0.5, 0.6) is 0 Å². The number of sulfonamides is 1. The van der Waals surface area contributed by atoms with Crippen LogP contribution in [-0.4, -0.2) is 13.4 Å². The summed E-state index contributed by atoms with van der Waals surface area (Å²) in [4.78, 5) is 3.83. The number of hydrogen-bond donors (Lipinski definition) is 2. The highest BCUT2D eigenvalue weighted by atomic mass is 79.9. The molecule has 100 valence electrons. The number of anilines is 2. The van der Waals surface area contributed by atoms with Crippen LogP contribution in [0.2, 0.25) is 5.02 Å². The molecule has 0 aliphatic carbocycles. The third kappa shape index (κ3) is 3.17. The lowest BCUT2D eigenvalue weighted by Gasteiger charge is -2.10. The van der Waals surface area contributed by atoms with Gasteiger partial charge in [-0.1, -0.05) is 27.5 Å². The SMILES string of the molecule is Nc1ccc(Br)cc1S(=O)(=O)Nc1ncccc1Cl. The van der Waals surface area contributed by atoms with Gasteiger partial charge in [0.25, 0.3) is 10.0 Å². The smallest absolute Gasteiger partial charge is 0.265 e. The first kappa shape index (κ1) is 14.1. The van der Waals surface area contributed by atoms with Gasteiger partial charge in [0.05, 0.1) is 10.7 Å². The number of hydrogen-bond acceptors (Lipinski definition) is 4. The van der Waals surface area contributed by atoms with E-state index in [0.29, 0.717) is 4.47 Å². The van der Waals surface area contributed by atoms with Gasteiger partial charge in [0.1, 0.15) is 4.90 Å². The van der Waals surface area contributed by atoms with Gasteiger partial charge in [0.15, 0.2) is 5.82 Å². The van der Waals surface area contributed by atoms with Crippen molar-refractivity contribution in [2.75, 3.05) is 10.5 Å². The Balaban J connectivity index is 2.44. The van der Waals surface area contributed by atoms with Crippen molar-refractivity contribution >= 4 is 49.1 Å². The molecule has 19 heavy (non-hydrogen) atoms. The quantitative estimate of drug-likeness (QED) is 0.822. The van der Waals surface area contributed by atoms with Crippen molar-refractivity contribution in [3.63, 3.8) is 0 Å². The van der Waals surface area contributed by atoms with Gasteiger partial charge in [-0.2, -0.15) is 0 Å². The van der Waals surface area contributed by atoms with E-state index < -0.39 is 10.0 Å².